The Labute approximate surface area is 105 Å². The number of nitrogens with zero attached hydrogens (tertiary/aromatic N) is 1. The molecule has 0 N–H and O–H groups in total. The summed E-state index contributed by atoms with van der Waals surface area (Å²) in [5.41, 5.74) is -0.359. The van der Waals surface area contributed by atoms with Gasteiger partial charge in [0.1, 0.15) is 11.6 Å². The van der Waals surface area contributed by atoms with Gasteiger partial charge in [0, 0.05) is 6.54 Å². The van der Waals surface area contributed by atoms with E-state index in [1.165, 1.54) is 19.3 Å². The van der Waals surface area contributed by atoms with Crippen LogP contribution in [0.15, 0.2) is 0 Å². The summed E-state index contributed by atoms with van der Waals surface area (Å²) < 4.78 is 5.50. The molecule has 17 heavy (non-hydrogen) atoms. The van der Waals surface area contributed by atoms with Gasteiger partial charge in [-0.2, -0.15) is 0 Å². The van der Waals surface area contributed by atoms with E-state index in [2.05, 4.69) is 4.90 Å². The first-order valence-corrected chi connectivity index (χ1v) is 6.92. The first-order valence-electron chi connectivity index (χ1n) is 6.92. The summed E-state index contributed by atoms with van der Waals surface area (Å²) in [5, 5.41) is 0. The van der Waals surface area contributed by atoms with Gasteiger partial charge >= 0.3 is 5.97 Å². The van der Waals surface area contributed by atoms with Crippen LogP contribution in [0.3, 0.4) is 0 Å². The van der Waals surface area contributed by atoms with Crippen molar-refractivity contribution in [2.75, 3.05) is 13.1 Å². The molecular formula is C14H25NO2. The van der Waals surface area contributed by atoms with Crippen molar-refractivity contribution in [3.8, 4) is 0 Å². The maximum absolute atomic E-state index is 12.1. The van der Waals surface area contributed by atoms with Crippen molar-refractivity contribution in [2.24, 2.45) is 5.92 Å². The van der Waals surface area contributed by atoms with Crippen LogP contribution in [0.25, 0.3) is 0 Å². The third-order valence-electron chi connectivity index (χ3n) is 3.76. The Kier molecular flexibility index (Phi) is 3.76. The molecule has 98 valence electrons. The molecule has 0 amide bonds. The molecule has 1 saturated carbocycles. The van der Waals surface area contributed by atoms with E-state index in [1.54, 1.807) is 0 Å². The fraction of sp³-hybridized carbons (Fsp3) is 0.929. The molecule has 1 saturated heterocycles. The van der Waals surface area contributed by atoms with E-state index in [0.717, 1.165) is 31.8 Å². The Hall–Kier alpha value is -0.570. The first-order chi connectivity index (χ1) is 7.96. The van der Waals surface area contributed by atoms with E-state index in [9.17, 15) is 4.79 Å². The molecule has 1 aliphatic heterocycles. The maximum atomic E-state index is 12.1. The lowest BCUT2D eigenvalue weighted by atomic mass is 9.85. The Morgan fingerprint density at radius 3 is 2.47 bits per heavy atom. The van der Waals surface area contributed by atoms with Crippen molar-refractivity contribution in [3.05, 3.63) is 0 Å². The first kappa shape index (κ1) is 12.9. The highest BCUT2D eigenvalue weighted by Crippen LogP contribution is 2.30. The average molecular weight is 239 g/mol. The molecule has 3 heteroatoms. The van der Waals surface area contributed by atoms with Gasteiger partial charge in [-0.05, 0) is 58.9 Å². The molecule has 1 aliphatic carbocycles. The van der Waals surface area contributed by atoms with Crippen LogP contribution in [0.5, 0.6) is 0 Å². The minimum absolute atomic E-state index is 0.0191. The molecule has 0 unspecified atom stereocenters. The van der Waals surface area contributed by atoms with Crippen LogP contribution in [0, 0.1) is 5.92 Å². The third kappa shape index (κ3) is 3.44. The summed E-state index contributed by atoms with van der Waals surface area (Å²) in [5.74, 6) is 0.812. The summed E-state index contributed by atoms with van der Waals surface area (Å²) in [6.45, 7) is 7.99. The predicted molar refractivity (Wildman–Crippen MR) is 67.8 cm³/mol. The van der Waals surface area contributed by atoms with E-state index in [-0.39, 0.29) is 17.6 Å². The van der Waals surface area contributed by atoms with Crippen molar-refractivity contribution < 1.29 is 9.53 Å². The lowest BCUT2D eigenvalue weighted by Crippen LogP contribution is -2.43. The molecule has 0 aromatic carbocycles. The maximum Gasteiger partial charge on any atom is 0.323 e. The van der Waals surface area contributed by atoms with Gasteiger partial charge in [-0.1, -0.05) is 6.42 Å². The number of esters is 1. The van der Waals surface area contributed by atoms with Crippen molar-refractivity contribution in [2.45, 2.75) is 64.5 Å². The van der Waals surface area contributed by atoms with Crippen molar-refractivity contribution in [3.63, 3.8) is 0 Å². The van der Waals surface area contributed by atoms with Crippen LogP contribution in [-0.2, 0) is 9.53 Å². The topological polar surface area (TPSA) is 29.5 Å². The van der Waals surface area contributed by atoms with E-state index in [4.69, 9.17) is 4.74 Å². The van der Waals surface area contributed by atoms with Crippen LogP contribution < -0.4 is 0 Å². The number of hydrogen-bond donors (Lipinski definition) is 0. The zero-order valence-electron chi connectivity index (χ0n) is 11.4. The monoisotopic (exact) mass is 239 g/mol. The smallest absolute Gasteiger partial charge is 0.323 e. The minimum Gasteiger partial charge on any atom is -0.459 e. The second-order valence-corrected chi connectivity index (χ2v) is 6.48. The van der Waals surface area contributed by atoms with E-state index in [0.29, 0.717) is 0 Å². The molecule has 2 rings (SSSR count). The van der Waals surface area contributed by atoms with E-state index < -0.39 is 0 Å². The minimum atomic E-state index is -0.359. The van der Waals surface area contributed by atoms with Gasteiger partial charge in [0.15, 0.2) is 0 Å². The number of rotatable bonds is 3. The fourth-order valence-corrected chi connectivity index (χ4v) is 2.69. The fourth-order valence-electron chi connectivity index (χ4n) is 2.69. The predicted octanol–water partition coefficient (Wildman–Crippen LogP) is 2.59. The highest BCUT2D eigenvalue weighted by Gasteiger charge is 2.35. The summed E-state index contributed by atoms with van der Waals surface area (Å²) in [4.78, 5) is 14.4. The summed E-state index contributed by atoms with van der Waals surface area (Å²) in [6.07, 6.45) is 6.17. The highest BCUT2D eigenvalue weighted by molar-refractivity contribution is 5.76. The SMILES string of the molecule is CC(C)(C)OC(=O)[C@@H]1CCCN1CC1CCC1. The summed E-state index contributed by atoms with van der Waals surface area (Å²) in [7, 11) is 0. The van der Waals surface area contributed by atoms with Crippen LogP contribution in [-0.4, -0.2) is 35.6 Å². The molecule has 0 aromatic heterocycles. The van der Waals surface area contributed by atoms with Gasteiger partial charge in [0.2, 0.25) is 0 Å². The molecular weight excluding hydrogens is 214 g/mol. The van der Waals surface area contributed by atoms with Gasteiger partial charge in [-0.15, -0.1) is 0 Å². The van der Waals surface area contributed by atoms with Gasteiger partial charge in [-0.25, -0.2) is 0 Å². The van der Waals surface area contributed by atoms with Crippen LogP contribution in [0.4, 0.5) is 0 Å². The van der Waals surface area contributed by atoms with Crippen LogP contribution >= 0.6 is 0 Å². The third-order valence-corrected chi connectivity index (χ3v) is 3.76. The number of carbonyl (C=O) groups is 1. The lowest BCUT2D eigenvalue weighted by molar-refractivity contribution is -0.160. The molecule has 1 atom stereocenters. The molecule has 2 fully saturated rings. The quantitative estimate of drug-likeness (QED) is 0.709. The summed E-state index contributed by atoms with van der Waals surface area (Å²) >= 11 is 0. The molecule has 0 radical (unpaired) electrons. The van der Waals surface area contributed by atoms with Crippen LogP contribution in [0.1, 0.15) is 52.9 Å². The second-order valence-electron chi connectivity index (χ2n) is 6.48. The molecule has 1 heterocycles. The second kappa shape index (κ2) is 4.97. The Morgan fingerprint density at radius 2 is 1.94 bits per heavy atom. The number of likely N-dealkylation sites (tertiary alicyclic amines) is 1. The highest BCUT2D eigenvalue weighted by atomic mass is 16.6. The standard InChI is InChI=1S/C14H25NO2/c1-14(2,3)17-13(16)12-8-5-9-15(12)10-11-6-4-7-11/h11-12H,4-10H2,1-3H3/t12-/m0/s1. The molecule has 2 aliphatic rings. The van der Waals surface area contributed by atoms with Crippen molar-refractivity contribution in [1.29, 1.82) is 0 Å². The van der Waals surface area contributed by atoms with Crippen molar-refractivity contribution in [1.82, 2.24) is 4.90 Å². The van der Waals surface area contributed by atoms with E-state index in [1.807, 2.05) is 20.8 Å². The van der Waals surface area contributed by atoms with Crippen molar-refractivity contribution >= 4 is 5.97 Å². The molecule has 3 nitrogen and oxygen atoms in total. The van der Waals surface area contributed by atoms with E-state index >= 15 is 0 Å². The largest absolute Gasteiger partial charge is 0.459 e. The summed E-state index contributed by atoms with van der Waals surface area (Å²) in [6, 6.07) is 0.0230. The zero-order chi connectivity index (χ0) is 12.5. The van der Waals surface area contributed by atoms with Gasteiger partial charge < -0.3 is 4.74 Å². The Bertz CT molecular complexity index is 278. The normalized spacial score (nSPS) is 26.9. The number of hydrogen-bond acceptors (Lipinski definition) is 3. The van der Waals surface area contributed by atoms with Gasteiger partial charge in [0.25, 0.3) is 0 Å². The van der Waals surface area contributed by atoms with Gasteiger partial charge in [0.05, 0.1) is 0 Å². The zero-order valence-corrected chi connectivity index (χ0v) is 11.4. The average Bonchev–Trinajstić information content (AvgIpc) is 2.56. The van der Waals surface area contributed by atoms with Crippen LogP contribution in [0.2, 0.25) is 0 Å². The lowest BCUT2D eigenvalue weighted by Gasteiger charge is -2.33. The molecule has 0 aromatic rings. The Morgan fingerprint density at radius 1 is 1.24 bits per heavy atom. The number of carbonyl (C=O) groups excluding carboxylic acids is 1. The number of ether oxygens (including phenoxy) is 1. The van der Waals surface area contributed by atoms with Gasteiger partial charge in [-0.3, -0.25) is 9.69 Å². The Balaban J connectivity index is 1.87. The molecule has 0 bridgehead atoms. The molecule has 0 spiro atoms.